The zero-order chi connectivity index (χ0) is 28.1. The number of aromatic nitrogens is 2. The van der Waals surface area contributed by atoms with Crippen LogP contribution in [0.5, 0.6) is 5.75 Å². The Morgan fingerprint density at radius 1 is 1.07 bits per heavy atom. The molecule has 206 valence electrons. The van der Waals surface area contributed by atoms with Gasteiger partial charge in [-0.25, -0.2) is 9.37 Å². The fourth-order valence-electron chi connectivity index (χ4n) is 4.26. The topological polar surface area (TPSA) is 100 Å². The molecule has 0 aliphatic carbocycles. The lowest BCUT2D eigenvalue weighted by Gasteiger charge is -2.24. The highest BCUT2D eigenvalue weighted by molar-refractivity contribution is 7.97. The lowest BCUT2D eigenvalue weighted by atomic mass is 9.83. The summed E-state index contributed by atoms with van der Waals surface area (Å²) in [5.74, 6) is 0.863. The van der Waals surface area contributed by atoms with Crippen molar-refractivity contribution in [3.63, 3.8) is 0 Å². The van der Waals surface area contributed by atoms with Crippen LogP contribution in [0.1, 0.15) is 25.8 Å². The van der Waals surface area contributed by atoms with Crippen molar-refractivity contribution in [3.8, 4) is 16.9 Å². The van der Waals surface area contributed by atoms with Gasteiger partial charge < -0.3 is 20.7 Å². The number of carbonyl (C=O) groups excluding carboxylic acids is 1. The van der Waals surface area contributed by atoms with Crippen LogP contribution in [0, 0.1) is 5.82 Å². The molecule has 3 aromatic carbocycles. The van der Waals surface area contributed by atoms with E-state index in [-0.39, 0.29) is 11.6 Å². The molecule has 0 saturated heterocycles. The number of fused-ring (bicyclic) bond motifs is 4. The summed E-state index contributed by atoms with van der Waals surface area (Å²) in [5, 5.41) is 9.36. The molecule has 4 bridgehead atoms. The summed E-state index contributed by atoms with van der Waals surface area (Å²) in [6, 6.07) is 20.0. The minimum Gasteiger partial charge on any atom is -0.497 e. The normalized spacial score (nSPS) is 13.5. The van der Waals surface area contributed by atoms with Crippen LogP contribution in [-0.4, -0.2) is 36.1 Å². The largest absolute Gasteiger partial charge is 0.497 e. The van der Waals surface area contributed by atoms with Gasteiger partial charge in [-0.05, 0) is 85.8 Å². The van der Waals surface area contributed by atoms with E-state index in [0.29, 0.717) is 35.2 Å². The molecule has 0 saturated carbocycles. The average molecular weight is 559 g/mol. The Labute approximate surface area is 237 Å². The van der Waals surface area contributed by atoms with Crippen LogP contribution in [0.15, 0.2) is 77.8 Å². The molecule has 4 aromatic rings. The predicted octanol–water partition coefficient (Wildman–Crippen LogP) is 6.36. The predicted molar refractivity (Wildman–Crippen MR) is 159 cm³/mol. The average Bonchev–Trinajstić information content (AvgIpc) is 2.96. The Kier molecular flexibility index (Phi) is 8.18. The van der Waals surface area contributed by atoms with Gasteiger partial charge in [-0.3, -0.25) is 9.52 Å². The SMILES string of the molecule is COc1ccc(C(C)(C)C(=O)Nc2ccc(-c3cnc4nc3NCCCNSc3cccc(c3)N4)cc2F)cc1. The molecule has 0 radical (unpaired) electrons. The number of ether oxygens (including phenoxy) is 1. The molecule has 0 unspecified atom stereocenters. The number of benzene rings is 3. The first-order valence-electron chi connectivity index (χ1n) is 13.0. The van der Waals surface area contributed by atoms with Crippen molar-refractivity contribution < 1.29 is 13.9 Å². The van der Waals surface area contributed by atoms with E-state index in [1.54, 1.807) is 63.4 Å². The Balaban J connectivity index is 1.38. The molecule has 0 spiro atoms. The second-order valence-corrected chi connectivity index (χ2v) is 10.9. The summed E-state index contributed by atoms with van der Waals surface area (Å²) in [4.78, 5) is 23.4. The van der Waals surface area contributed by atoms with Gasteiger partial charge in [-0.2, -0.15) is 4.98 Å². The van der Waals surface area contributed by atoms with Gasteiger partial charge in [0.1, 0.15) is 17.4 Å². The summed E-state index contributed by atoms with van der Waals surface area (Å²) in [6.45, 7) is 5.07. The van der Waals surface area contributed by atoms with Crippen molar-refractivity contribution in [1.82, 2.24) is 14.7 Å². The van der Waals surface area contributed by atoms with Gasteiger partial charge in [-0.15, -0.1) is 0 Å². The number of nitrogens with one attached hydrogen (secondary N) is 4. The minimum absolute atomic E-state index is 0.103. The number of carbonyl (C=O) groups is 1. The molecule has 10 heteroatoms. The molecule has 1 aromatic heterocycles. The van der Waals surface area contributed by atoms with Crippen molar-refractivity contribution in [2.24, 2.45) is 0 Å². The highest BCUT2D eigenvalue weighted by Gasteiger charge is 2.30. The van der Waals surface area contributed by atoms with Gasteiger partial charge in [0.05, 0.1) is 18.2 Å². The third-order valence-electron chi connectivity index (χ3n) is 6.72. The standard InChI is InChI=1S/C30H31FN6O2S/c1-30(2,20-9-11-22(39-3)12-10-20)28(38)36-26-13-8-19(16-25(26)31)24-18-33-29-35-21-6-4-7-23(17-21)40-34-15-5-14-32-27(24)37-29/h4,6-13,16-18,34H,5,14-15H2,1-3H3,(H,36,38)(H2,32,33,35,37). The van der Waals surface area contributed by atoms with Crippen molar-refractivity contribution in [3.05, 3.63) is 84.3 Å². The summed E-state index contributed by atoms with van der Waals surface area (Å²) in [7, 11) is 1.59. The molecular weight excluding hydrogens is 527 g/mol. The van der Waals surface area contributed by atoms with Crippen molar-refractivity contribution in [2.75, 3.05) is 36.1 Å². The number of rotatable bonds is 5. The minimum atomic E-state index is -0.889. The van der Waals surface area contributed by atoms with E-state index in [0.717, 1.165) is 29.1 Å². The third-order valence-corrected chi connectivity index (χ3v) is 7.56. The van der Waals surface area contributed by atoms with Gasteiger partial charge in [0.15, 0.2) is 0 Å². The van der Waals surface area contributed by atoms with E-state index in [2.05, 4.69) is 30.6 Å². The number of methoxy groups -OCH3 is 1. The Morgan fingerprint density at radius 2 is 1.90 bits per heavy atom. The summed E-state index contributed by atoms with van der Waals surface area (Å²) in [6.07, 6.45) is 2.54. The highest BCUT2D eigenvalue weighted by atomic mass is 32.2. The van der Waals surface area contributed by atoms with Crippen molar-refractivity contribution >= 4 is 41.0 Å². The fraction of sp³-hybridized carbons (Fsp3) is 0.233. The smallest absolute Gasteiger partial charge is 0.234 e. The van der Waals surface area contributed by atoms with Crippen molar-refractivity contribution in [1.29, 1.82) is 0 Å². The number of nitrogens with zero attached hydrogens (tertiary/aromatic N) is 2. The second kappa shape index (κ2) is 11.9. The number of hydrogen-bond acceptors (Lipinski definition) is 8. The van der Waals surface area contributed by atoms with E-state index in [9.17, 15) is 4.79 Å². The first kappa shape index (κ1) is 27.4. The first-order chi connectivity index (χ1) is 19.3. The van der Waals surface area contributed by atoms with Crippen LogP contribution >= 0.6 is 11.9 Å². The zero-order valence-electron chi connectivity index (χ0n) is 22.5. The lowest BCUT2D eigenvalue weighted by molar-refractivity contribution is -0.120. The van der Waals surface area contributed by atoms with Crippen LogP contribution in [0.3, 0.4) is 0 Å². The van der Waals surface area contributed by atoms with Crippen LogP contribution in [-0.2, 0) is 10.2 Å². The molecule has 4 N–H and O–H groups in total. The fourth-order valence-corrected chi connectivity index (χ4v) is 5.00. The van der Waals surface area contributed by atoms with E-state index in [1.807, 2.05) is 36.4 Å². The lowest BCUT2D eigenvalue weighted by Crippen LogP contribution is -2.35. The Hall–Kier alpha value is -4.15. The molecule has 0 fully saturated rings. The number of anilines is 4. The number of hydrogen-bond donors (Lipinski definition) is 4. The van der Waals surface area contributed by atoms with Crippen LogP contribution in [0.2, 0.25) is 0 Å². The Morgan fingerprint density at radius 3 is 2.67 bits per heavy atom. The quantitative estimate of drug-likeness (QED) is 0.210. The second-order valence-electron chi connectivity index (χ2n) is 9.89. The maximum absolute atomic E-state index is 15.3. The summed E-state index contributed by atoms with van der Waals surface area (Å²) >= 11 is 1.58. The summed E-state index contributed by atoms with van der Waals surface area (Å²) < 4.78 is 23.9. The monoisotopic (exact) mass is 558 g/mol. The molecule has 1 amide bonds. The maximum atomic E-state index is 15.3. The van der Waals surface area contributed by atoms with Gasteiger partial charge in [0.2, 0.25) is 11.9 Å². The molecular formula is C30H31FN6O2S. The number of amides is 1. The van der Waals surface area contributed by atoms with E-state index in [4.69, 9.17) is 4.74 Å². The van der Waals surface area contributed by atoms with Crippen LogP contribution < -0.4 is 25.4 Å². The van der Waals surface area contributed by atoms with Gasteiger partial charge in [-0.1, -0.05) is 24.3 Å². The Bertz CT molecular complexity index is 1510. The zero-order valence-corrected chi connectivity index (χ0v) is 23.4. The number of halogens is 1. The van der Waals surface area contributed by atoms with E-state index in [1.165, 1.54) is 6.07 Å². The molecule has 2 heterocycles. The highest BCUT2D eigenvalue weighted by Crippen LogP contribution is 2.32. The maximum Gasteiger partial charge on any atom is 0.234 e. The molecule has 8 nitrogen and oxygen atoms in total. The van der Waals surface area contributed by atoms with Crippen LogP contribution in [0.25, 0.3) is 11.1 Å². The molecule has 5 rings (SSSR count). The van der Waals surface area contributed by atoms with Crippen LogP contribution in [0.4, 0.5) is 27.5 Å². The van der Waals surface area contributed by atoms with Gasteiger partial charge >= 0.3 is 0 Å². The van der Waals surface area contributed by atoms with Gasteiger partial charge in [0.25, 0.3) is 0 Å². The third kappa shape index (κ3) is 6.19. The first-order valence-corrected chi connectivity index (χ1v) is 13.8. The van der Waals surface area contributed by atoms with Gasteiger partial charge in [0, 0.05) is 35.4 Å². The molecule has 1 aliphatic heterocycles. The van der Waals surface area contributed by atoms with Crippen molar-refractivity contribution in [2.45, 2.75) is 30.6 Å². The molecule has 40 heavy (non-hydrogen) atoms. The summed E-state index contributed by atoms with van der Waals surface area (Å²) in [5.41, 5.74) is 2.13. The molecule has 0 atom stereocenters. The van der Waals surface area contributed by atoms with E-state index >= 15 is 4.39 Å². The molecule has 1 aliphatic rings. The van der Waals surface area contributed by atoms with E-state index < -0.39 is 11.2 Å².